The molecule has 0 aromatic carbocycles. The Labute approximate surface area is 131 Å². The fourth-order valence-electron chi connectivity index (χ4n) is 3.58. The molecule has 4 nitrogen and oxygen atoms in total. The van der Waals surface area contributed by atoms with Gasteiger partial charge in [0.1, 0.15) is 0 Å². The summed E-state index contributed by atoms with van der Waals surface area (Å²) in [6.45, 7) is 11.7. The average Bonchev–Trinajstić information content (AvgIpc) is 2.40. The molecule has 0 bridgehead atoms. The molecule has 0 aromatic heterocycles. The minimum Gasteiger partial charge on any atom is -0.383 e. The van der Waals surface area contributed by atoms with E-state index in [1.54, 1.807) is 14.2 Å². The van der Waals surface area contributed by atoms with Crippen LogP contribution in [0.15, 0.2) is 0 Å². The molecule has 0 radical (unpaired) electrons. The average molecular weight is 300 g/mol. The van der Waals surface area contributed by atoms with Gasteiger partial charge in [0, 0.05) is 38.9 Å². The van der Waals surface area contributed by atoms with Gasteiger partial charge in [-0.05, 0) is 37.5 Å². The normalized spacial score (nSPS) is 28.9. The fourth-order valence-corrected chi connectivity index (χ4v) is 3.58. The third-order valence-corrected chi connectivity index (χ3v) is 5.05. The molecule has 0 aromatic rings. The second-order valence-electron chi connectivity index (χ2n) is 7.64. The van der Waals surface area contributed by atoms with Gasteiger partial charge in [0.05, 0.1) is 13.2 Å². The van der Waals surface area contributed by atoms with E-state index in [1.807, 2.05) is 0 Å². The molecule has 126 valence electrons. The van der Waals surface area contributed by atoms with Crippen LogP contribution in [0.25, 0.3) is 0 Å². The van der Waals surface area contributed by atoms with Gasteiger partial charge >= 0.3 is 0 Å². The largest absolute Gasteiger partial charge is 0.383 e. The summed E-state index contributed by atoms with van der Waals surface area (Å²) in [5.41, 5.74) is 6.82. The fraction of sp³-hybridized carbons (Fsp3) is 1.00. The number of hydrogen-bond acceptors (Lipinski definition) is 4. The number of ether oxygens (including phenoxy) is 2. The summed E-state index contributed by atoms with van der Waals surface area (Å²) in [4.78, 5) is 2.51. The molecular formula is C17H36N2O2. The molecule has 1 aliphatic rings. The Hall–Kier alpha value is -0.160. The lowest BCUT2D eigenvalue weighted by Gasteiger charge is -2.47. The van der Waals surface area contributed by atoms with E-state index in [0.29, 0.717) is 17.5 Å². The first-order chi connectivity index (χ1) is 9.81. The second-order valence-corrected chi connectivity index (χ2v) is 7.64. The number of hydrogen-bond donors (Lipinski definition) is 1. The monoisotopic (exact) mass is 300 g/mol. The topological polar surface area (TPSA) is 47.7 Å². The first-order valence-electron chi connectivity index (χ1n) is 8.30. The molecule has 0 saturated heterocycles. The first-order valence-corrected chi connectivity index (χ1v) is 8.30. The van der Waals surface area contributed by atoms with Crippen molar-refractivity contribution in [3.05, 3.63) is 0 Å². The smallest absolute Gasteiger partial charge is 0.0615 e. The maximum Gasteiger partial charge on any atom is 0.0615 e. The van der Waals surface area contributed by atoms with Crippen molar-refractivity contribution in [1.29, 1.82) is 0 Å². The van der Waals surface area contributed by atoms with Gasteiger partial charge in [-0.2, -0.15) is 0 Å². The predicted octanol–water partition coefficient (Wildman–Crippen LogP) is 2.51. The van der Waals surface area contributed by atoms with E-state index in [0.717, 1.165) is 32.1 Å². The zero-order chi connectivity index (χ0) is 16.0. The van der Waals surface area contributed by atoms with Crippen LogP contribution in [0.2, 0.25) is 0 Å². The van der Waals surface area contributed by atoms with Crippen molar-refractivity contribution < 1.29 is 9.47 Å². The van der Waals surface area contributed by atoms with Crippen molar-refractivity contribution in [2.24, 2.45) is 17.1 Å². The van der Waals surface area contributed by atoms with Crippen LogP contribution in [0.5, 0.6) is 0 Å². The van der Waals surface area contributed by atoms with Crippen molar-refractivity contribution in [1.82, 2.24) is 4.90 Å². The third-order valence-electron chi connectivity index (χ3n) is 5.05. The van der Waals surface area contributed by atoms with Crippen molar-refractivity contribution in [2.75, 3.05) is 34.0 Å². The molecule has 4 atom stereocenters. The SMILES string of the molecule is COCCN(C(C)COC)C1CC(C(C)(C)C)CCC1N. The van der Waals surface area contributed by atoms with Gasteiger partial charge in [-0.1, -0.05) is 20.8 Å². The van der Waals surface area contributed by atoms with Gasteiger partial charge in [-0.15, -0.1) is 0 Å². The summed E-state index contributed by atoms with van der Waals surface area (Å²) in [6, 6.07) is 1.07. The molecule has 0 aliphatic heterocycles. The summed E-state index contributed by atoms with van der Waals surface area (Å²) in [7, 11) is 3.53. The highest BCUT2D eigenvalue weighted by molar-refractivity contribution is 4.94. The summed E-state index contributed by atoms with van der Waals surface area (Å²) >= 11 is 0. The lowest BCUT2D eigenvalue weighted by atomic mass is 9.69. The maximum absolute atomic E-state index is 6.47. The molecule has 0 spiro atoms. The summed E-state index contributed by atoms with van der Waals surface area (Å²) in [5, 5.41) is 0. The Morgan fingerprint density at radius 3 is 2.38 bits per heavy atom. The van der Waals surface area contributed by atoms with E-state index >= 15 is 0 Å². The number of nitrogens with zero attached hydrogens (tertiary/aromatic N) is 1. The van der Waals surface area contributed by atoms with Gasteiger partial charge < -0.3 is 15.2 Å². The molecule has 1 rings (SSSR count). The van der Waals surface area contributed by atoms with Gasteiger partial charge in [-0.25, -0.2) is 0 Å². The van der Waals surface area contributed by atoms with E-state index in [2.05, 4.69) is 32.6 Å². The van der Waals surface area contributed by atoms with Crippen LogP contribution in [-0.2, 0) is 9.47 Å². The Balaban J connectivity index is 2.81. The number of nitrogens with two attached hydrogens (primary N) is 1. The second kappa shape index (κ2) is 8.47. The van der Waals surface area contributed by atoms with Gasteiger partial charge in [0.2, 0.25) is 0 Å². The van der Waals surface area contributed by atoms with Crippen molar-refractivity contribution in [3.8, 4) is 0 Å². The van der Waals surface area contributed by atoms with Gasteiger partial charge in [-0.3, -0.25) is 4.90 Å². The van der Waals surface area contributed by atoms with Crippen LogP contribution in [0.1, 0.15) is 47.0 Å². The van der Waals surface area contributed by atoms with E-state index < -0.39 is 0 Å². The van der Waals surface area contributed by atoms with Crippen LogP contribution < -0.4 is 5.73 Å². The molecule has 2 N–H and O–H groups in total. The number of rotatable bonds is 7. The van der Waals surface area contributed by atoms with E-state index in [9.17, 15) is 0 Å². The van der Waals surface area contributed by atoms with Crippen molar-refractivity contribution >= 4 is 0 Å². The zero-order valence-corrected chi connectivity index (χ0v) is 14.9. The Morgan fingerprint density at radius 1 is 1.19 bits per heavy atom. The summed E-state index contributed by atoms with van der Waals surface area (Å²) in [6.07, 6.45) is 3.55. The predicted molar refractivity (Wildman–Crippen MR) is 88.5 cm³/mol. The van der Waals surface area contributed by atoms with Crippen LogP contribution in [0, 0.1) is 11.3 Å². The van der Waals surface area contributed by atoms with Crippen molar-refractivity contribution in [2.45, 2.75) is 65.1 Å². The summed E-state index contributed by atoms with van der Waals surface area (Å²) in [5.74, 6) is 0.738. The Morgan fingerprint density at radius 2 is 1.86 bits per heavy atom. The van der Waals surface area contributed by atoms with E-state index in [1.165, 1.54) is 12.8 Å². The lowest BCUT2D eigenvalue weighted by Crippen LogP contribution is -2.56. The highest BCUT2D eigenvalue weighted by atomic mass is 16.5. The van der Waals surface area contributed by atoms with E-state index in [-0.39, 0.29) is 6.04 Å². The van der Waals surface area contributed by atoms with Gasteiger partial charge in [0.25, 0.3) is 0 Å². The molecule has 21 heavy (non-hydrogen) atoms. The van der Waals surface area contributed by atoms with Gasteiger partial charge in [0.15, 0.2) is 0 Å². The first kappa shape index (κ1) is 18.9. The van der Waals surface area contributed by atoms with E-state index in [4.69, 9.17) is 15.2 Å². The Kier molecular flexibility index (Phi) is 7.62. The summed E-state index contributed by atoms with van der Waals surface area (Å²) < 4.78 is 10.7. The highest BCUT2D eigenvalue weighted by Crippen LogP contribution is 2.39. The number of methoxy groups -OCH3 is 2. The molecule has 1 fully saturated rings. The van der Waals surface area contributed by atoms with Crippen LogP contribution in [0.3, 0.4) is 0 Å². The molecular weight excluding hydrogens is 264 g/mol. The van der Waals surface area contributed by atoms with Crippen LogP contribution >= 0.6 is 0 Å². The standard InChI is InChI=1S/C17H36N2O2/c1-13(12-21-6)19(9-10-20-5)16-11-14(17(2,3)4)7-8-15(16)18/h13-16H,7-12,18H2,1-6H3. The van der Waals surface area contributed by atoms with Crippen molar-refractivity contribution in [3.63, 3.8) is 0 Å². The van der Waals surface area contributed by atoms with Crippen LogP contribution in [-0.4, -0.2) is 57.0 Å². The molecule has 4 heteroatoms. The minimum atomic E-state index is 0.264. The van der Waals surface area contributed by atoms with Crippen LogP contribution in [0.4, 0.5) is 0 Å². The molecule has 1 saturated carbocycles. The molecule has 0 amide bonds. The highest BCUT2D eigenvalue weighted by Gasteiger charge is 2.38. The zero-order valence-electron chi connectivity index (χ0n) is 14.9. The quantitative estimate of drug-likeness (QED) is 0.785. The molecule has 0 heterocycles. The minimum absolute atomic E-state index is 0.264. The molecule has 4 unspecified atom stereocenters. The maximum atomic E-state index is 6.47. The lowest BCUT2D eigenvalue weighted by molar-refractivity contribution is 0.00589. The Bertz CT molecular complexity index is 291. The molecule has 1 aliphatic carbocycles. The third kappa shape index (κ3) is 5.51.